The van der Waals surface area contributed by atoms with Crippen molar-refractivity contribution < 1.29 is 14.5 Å². The maximum Gasteiger partial charge on any atom is 0.296 e. The molecule has 1 N–H and O–H groups in total. The molecule has 9 heteroatoms. The fourth-order valence-electron chi connectivity index (χ4n) is 1.82. The van der Waals surface area contributed by atoms with Gasteiger partial charge in [0.25, 0.3) is 11.6 Å². The van der Waals surface area contributed by atoms with Crippen molar-refractivity contribution >= 4 is 39.9 Å². The van der Waals surface area contributed by atoms with Gasteiger partial charge in [-0.05, 0) is 41.6 Å². The molecule has 1 aromatic carbocycles. The van der Waals surface area contributed by atoms with Crippen molar-refractivity contribution in [1.82, 2.24) is 9.78 Å². The number of ether oxygens (including phenoxy) is 1. The Labute approximate surface area is 139 Å². The predicted octanol–water partition coefficient (Wildman–Crippen LogP) is 2.58. The molecular formula is C13H13IN4O4. The van der Waals surface area contributed by atoms with Gasteiger partial charge < -0.3 is 10.1 Å². The van der Waals surface area contributed by atoms with Crippen molar-refractivity contribution in [3.63, 3.8) is 0 Å². The molecule has 0 atom stereocenters. The van der Waals surface area contributed by atoms with Crippen LogP contribution in [0.25, 0.3) is 0 Å². The van der Waals surface area contributed by atoms with Crippen LogP contribution in [0, 0.1) is 13.7 Å². The molecule has 1 amide bonds. The molecule has 0 spiro atoms. The van der Waals surface area contributed by atoms with Crippen LogP contribution in [0.3, 0.4) is 0 Å². The molecule has 0 unspecified atom stereocenters. The van der Waals surface area contributed by atoms with E-state index >= 15 is 0 Å². The van der Waals surface area contributed by atoms with E-state index in [-0.39, 0.29) is 17.1 Å². The van der Waals surface area contributed by atoms with Crippen LogP contribution in [0.15, 0.2) is 24.4 Å². The summed E-state index contributed by atoms with van der Waals surface area (Å²) in [5.74, 6) is -0.128. The molecule has 0 radical (unpaired) electrons. The van der Waals surface area contributed by atoms with E-state index in [2.05, 4.69) is 10.4 Å². The topological polar surface area (TPSA) is 99.3 Å². The number of anilines is 1. The highest BCUT2D eigenvalue weighted by molar-refractivity contribution is 14.1. The number of nitro benzene ring substituents is 1. The molecule has 0 aliphatic heterocycles. The van der Waals surface area contributed by atoms with Crippen molar-refractivity contribution in [2.24, 2.45) is 7.05 Å². The summed E-state index contributed by atoms with van der Waals surface area (Å²) in [5, 5.41) is 17.7. The number of carbonyl (C=O) groups excluding carboxylic acids is 1. The maximum atomic E-state index is 12.2. The Kier molecular flexibility index (Phi) is 4.96. The summed E-state index contributed by atoms with van der Waals surface area (Å²) in [6.45, 7) is 2.18. The average molecular weight is 416 g/mol. The summed E-state index contributed by atoms with van der Waals surface area (Å²) in [4.78, 5) is 22.8. The van der Waals surface area contributed by atoms with E-state index in [0.717, 1.165) is 0 Å². The number of aryl methyl sites for hydroxylation is 1. The highest BCUT2D eigenvalue weighted by Crippen LogP contribution is 2.29. The zero-order chi connectivity index (χ0) is 16.3. The summed E-state index contributed by atoms with van der Waals surface area (Å²) in [7, 11) is 1.69. The monoisotopic (exact) mass is 416 g/mol. The number of nitrogens with zero attached hydrogens (tertiary/aromatic N) is 3. The molecule has 0 saturated heterocycles. The van der Waals surface area contributed by atoms with Gasteiger partial charge in [-0.1, -0.05) is 0 Å². The van der Waals surface area contributed by atoms with Gasteiger partial charge in [0.05, 0.1) is 21.2 Å². The van der Waals surface area contributed by atoms with Gasteiger partial charge in [0.2, 0.25) is 0 Å². The first kappa shape index (κ1) is 16.2. The number of nitrogens with one attached hydrogen (secondary N) is 1. The summed E-state index contributed by atoms with van der Waals surface area (Å²) in [6, 6.07) is 4.29. The van der Waals surface area contributed by atoms with E-state index in [1.165, 1.54) is 16.8 Å². The molecule has 0 bridgehead atoms. The first-order chi connectivity index (χ1) is 10.4. The fraction of sp³-hybridized carbons (Fsp3) is 0.231. The lowest BCUT2D eigenvalue weighted by atomic mass is 10.2. The smallest absolute Gasteiger partial charge is 0.296 e. The second kappa shape index (κ2) is 6.73. The standard InChI is InChI=1S/C13H13IN4O4/c1-3-22-8-4-5-10(11(6-8)18(20)21)15-13(19)12-9(14)7-17(2)16-12/h4-7H,3H2,1-2H3,(H,15,19). The number of hydrogen-bond donors (Lipinski definition) is 1. The predicted molar refractivity (Wildman–Crippen MR) is 88.1 cm³/mol. The largest absolute Gasteiger partial charge is 0.494 e. The van der Waals surface area contributed by atoms with E-state index in [0.29, 0.717) is 15.9 Å². The summed E-state index contributed by atoms with van der Waals surface area (Å²) in [6.07, 6.45) is 1.68. The minimum Gasteiger partial charge on any atom is -0.494 e. The number of rotatable bonds is 5. The van der Waals surface area contributed by atoms with Crippen molar-refractivity contribution in [3.8, 4) is 5.75 Å². The van der Waals surface area contributed by atoms with Crippen LogP contribution < -0.4 is 10.1 Å². The Morgan fingerprint density at radius 1 is 1.55 bits per heavy atom. The number of hydrogen-bond acceptors (Lipinski definition) is 5. The molecule has 0 fully saturated rings. The van der Waals surface area contributed by atoms with Crippen molar-refractivity contribution in [3.05, 3.63) is 43.8 Å². The van der Waals surface area contributed by atoms with Gasteiger partial charge >= 0.3 is 0 Å². The third-order valence-electron chi connectivity index (χ3n) is 2.72. The van der Waals surface area contributed by atoms with Crippen LogP contribution in [0.1, 0.15) is 17.4 Å². The van der Waals surface area contributed by atoms with Crippen LogP contribution in [0.5, 0.6) is 5.75 Å². The molecule has 22 heavy (non-hydrogen) atoms. The molecule has 2 rings (SSSR count). The molecule has 8 nitrogen and oxygen atoms in total. The molecule has 1 aromatic heterocycles. The molecule has 0 aliphatic rings. The second-order valence-electron chi connectivity index (χ2n) is 4.32. The number of benzene rings is 1. The molecule has 2 aromatic rings. The number of aromatic nitrogens is 2. The third-order valence-corrected chi connectivity index (χ3v) is 3.51. The zero-order valence-electron chi connectivity index (χ0n) is 11.9. The number of halogens is 1. The Morgan fingerprint density at radius 2 is 2.27 bits per heavy atom. The lowest BCUT2D eigenvalue weighted by Gasteiger charge is -2.07. The van der Waals surface area contributed by atoms with Gasteiger partial charge in [-0.15, -0.1) is 0 Å². The lowest BCUT2D eigenvalue weighted by molar-refractivity contribution is -0.384. The maximum absolute atomic E-state index is 12.2. The number of carbonyl (C=O) groups is 1. The Morgan fingerprint density at radius 3 is 2.82 bits per heavy atom. The third kappa shape index (κ3) is 3.53. The Bertz CT molecular complexity index is 729. The van der Waals surface area contributed by atoms with Gasteiger partial charge in [0.1, 0.15) is 11.4 Å². The van der Waals surface area contributed by atoms with Crippen LogP contribution in [-0.4, -0.2) is 27.2 Å². The first-order valence-electron chi connectivity index (χ1n) is 6.34. The molecule has 0 saturated carbocycles. The minimum atomic E-state index is -0.568. The SMILES string of the molecule is CCOc1ccc(NC(=O)c2nn(C)cc2I)c([N+](=O)[O-])c1. The second-order valence-corrected chi connectivity index (χ2v) is 5.48. The summed E-state index contributed by atoms with van der Waals surface area (Å²) >= 11 is 1.98. The highest BCUT2D eigenvalue weighted by Gasteiger charge is 2.20. The van der Waals surface area contributed by atoms with Crippen LogP contribution in [-0.2, 0) is 7.05 Å². The van der Waals surface area contributed by atoms with Crippen LogP contribution in [0.2, 0.25) is 0 Å². The van der Waals surface area contributed by atoms with E-state index in [1.54, 1.807) is 26.2 Å². The molecule has 0 aliphatic carbocycles. The number of amides is 1. The Balaban J connectivity index is 2.30. The normalized spacial score (nSPS) is 10.3. The van der Waals surface area contributed by atoms with E-state index in [4.69, 9.17) is 4.74 Å². The van der Waals surface area contributed by atoms with Gasteiger partial charge in [-0.25, -0.2) is 0 Å². The van der Waals surface area contributed by atoms with E-state index in [9.17, 15) is 14.9 Å². The van der Waals surface area contributed by atoms with Crippen molar-refractivity contribution in [1.29, 1.82) is 0 Å². The van der Waals surface area contributed by atoms with Crippen LogP contribution >= 0.6 is 22.6 Å². The van der Waals surface area contributed by atoms with Crippen LogP contribution in [0.4, 0.5) is 11.4 Å². The van der Waals surface area contributed by atoms with E-state index < -0.39 is 10.8 Å². The zero-order valence-corrected chi connectivity index (χ0v) is 14.0. The summed E-state index contributed by atoms with van der Waals surface area (Å²) in [5.41, 5.74) is 0.0800. The van der Waals surface area contributed by atoms with E-state index in [1.807, 2.05) is 22.6 Å². The molecule has 1 heterocycles. The number of nitro groups is 1. The lowest BCUT2D eigenvalue weighted by Crippen LogP contribution is -2.15. The molecular weight excluding hydrogens is 403 g/mol. The highest BCUT2D eigenvalue weighted by atomic mass is 127. The van der Waals surface area contributed by atoms with Gasteiger partial charge in [-0.3, -0.25) is 19.6 Å². The van der Waals surface area contributed by atoms with Crippen molar-refractivity contribution in [2.75, 3.05) is 11.9 Å². The average Bonchev–Trinajstić information content (AvgIpc) is 2.79. The van der Waals surface area contributed by atoms with Gasteiger partial charge in [0.15, 0.2) is 5.69 Å². The minimum absolute atomic E-state index is 0.0971. The first-order valence-corrected chi connectivity index (χ1v) is 7.42. The van der Waals surface area contributed by atoms with Gasteiger partial charge in [0, 0.05) is 13.2 Å². The quantitative estimate of drug-likeness (QED) is 0.459. The van der Waals surface area contributed by atoms with Gasteiger partial charge in [-0.2, -0.15) is 5.10 Å². The Hall–Kier alpha value is -2.17. The molecule has 116 valence electrons. The summed E-state index contributed by atoms with van der Waals surface area (Å²) < 4.78 is 7.39. The fourth-order valence-corrected chi connectivity index (χ4v) is 2.58. The van der Waals surface area contributed by atoms with Crippen molar-refractivity contribution in [2.45, 2.75) is 6.92 Å².